The molecule has 3 aromatic heterocycles. The van der Waals surface area contributed by atoms with E-state index < -0.39 is 5.60 Å². The Morgan fingerprint density at radius 2 is 1.78 bits per heavy atom. The maximum atomic E-state index is 14.2. The number of nitrogens with one attached hydrogen (secondary N) is 1. The zero-order valence-corrected chi connectivity index (χ0v) is 29.8. The van der Waals surface area contributed by atoms with Crippen LogP contribution < -0.4 is 15.0 Å². The third kappa shape index (κ3) is 7.43. The molecule has 2 amide bonds. The van der Waals surface area contributed by atoms with Crippen LogP contribution in [0.1, 0.15) is 79.8 Å². The summed E-state index contributed by atoms with van der Waals surface area (Å²) in [4.78, 5) is 40.1. The number of allylic oxidation sites excluding steroid dienone is 2. The first-order valence-electron chi connectivity index (χ1n) is 17.2. The second kappa shape index (κ2) is 13.9. The Balaban J connectivity index is 1.32. The second-order valence-electron chi connectivity index (χ2n) is 14.2. The van der Waals surface area contributed by atoms with Gasteiger partial charge in [-0.3, -0.25) is 4.79 Å². The number of fused-ring (bicyclic) bond motifs is 1. The molecule has 0 spiro atoms. The fraction of sp³-hybridized carbons (Fsp3) is 0.436. The Hall–Kier alpha value is -4.86. The van der Waals surface area contributed by atoms with E-state index in [9.17, 15) is 9.59 Å². The Kier molecular flexibility index (Phi) is 9.68. The van der Waals surface area contributed by atoms with Gasteiger partial charge in [-0.2, -0.15) is 0 Å². The van der Waals surface area contributed by atoms with Crippen LogP contribution in [0.3, 0.4) is 0 Å². The summed E-state index contributed by atoms with van der Waals surface area (Å²) in [5.41, 5.74) is 7.05. The van der Waals surface area contributed by atoms with E-state index in [0.29, 0.717) is 44.2 Å². The Morgan fingerprint density at radius 3 is 2.45 bits per heavy atom. The molecule has 6 rings (SSSR count). The topological polar surface area (TPSA) is 102 Å². The van der Waals surface area contributed by atoms with Gasteiger partial charge in [0.25, 0.3) is 5.91 Å². The molecule has 2 aliphatic heterocycles. The fourth-order valence-electron chi connectivity index (χ4n) is 6.73. The fourth-order valence-corrected chi connectivity index (χ4v) is 6.73. The Morgan fingerprint density at radius 1 is 1.00 bits per heavy atom. The van der Waals surface area contributed by atoms with Crippen molar-refractivity contribution in [3.8, 4) is 17.0 Å². The van der Waals surface area contributed by atoms with Crippen LogP contribution in [-0.2, 0) is 24.1 Å². The number of pyridine rings is 2. The molecule has 1 saturated heterocycles. The Labute approximate surface area is 289 Å². The van der Waals surface area contributed by atoms with Crippen LogP contribution in [0.4, 0.5) is 10.6 Å². The van der Waals surface area contributed by atoms with Crippen LogP contribution in [0.15, 0.2) is 54.9 Å². The molecule has 4 aromatic rings. The number of nitrogens with zero attached hydrogens (tertiary/aromatic N) is 5. The number of aryl methyl sites for hydroxylation is 2. The van der Waals surface area contributed by atoms with Gasteiger partial charge in [0.15, 0.2) is 0 Å². The van der Waals surface area contributed by atoms with Crippen LogP contribution >= 0.6 is 0 Å². The summed E-state index contributed by atoms with van der Waals surface area (Å²) < 4.78 is 13.5. The molecule has 5 heterocycles. The van der Waals surface area contributed by atoms with Crippen LogP contribution in [0.5, 0.6) is 5.88 Å². The molecule has 0 saturated carbocycles. The standard InChI is InChI=1S/C39H48N6O4/c1-25(2)45-24-29-12-10-8-9-11-27-19-26(3)42-37(48-7)32(27)23-41-36(46)31-20-30(21-33(45)35(29)31)28-13-14-34(40-22-28)43-15-17-44(18-16-43)38(47)49-39(4,5)6/h8,10,13-14,19-22,24-25H,9,11-12,15-18,23H2,1-7H3,(H,41,46)/b10-8+. The minimum Gasteiger partial charge on any atom is -0.481 e. The van der Waals surface area contributed by atoms with E-state index in [1.54, 1.807) is 12.0 Å². The molecule has 0 aliphatic carbocycles. The highest BCUT2D eigenvalue weighted by atomic mass is 16.6. The van der Waals surface area contributed by atoms with Crippen LogP contribution in [-0.4, -0.2) is 70.3 Å². The number of ether oxygens (including phenoxy) is 2. The lowest BCUT2D eigenvalue weighted by atomic mass is 9.97. The molecule has 0 unspecified atom stereocenters. The predicted molar refractivity (Wildman–Crippen MR) is 193 cm³/mol. The largest absolute Gasteiger partial charge is 0.481 e. The first kappa shape index (κ1) is 34.0. The van der Waals surface area contributed by atoms with Gasteiger partial charge in [-0.25, -0.2) is 14.8 Å². The van der Waals surface area contributed by atoms with Crippen molar-refractivity contribution in [2.24, 2.45) is 0 Å². The molecule has 2 aliphatic rings. The molecular weight excluding hydrogens is 616 g/mol. The number of hydrogen-bond acceptors (Lipinski definition) is 7. The molecule has 10 heteroatoms. The van der Waals surface area contributed by atoms with E-state index in [2.05, 4.69) is 70.2 Å². The smallest absolute Gasteiger partial charge is 0.410 e. The number of methoxy groups -OCH3 is 1. The monoisotopic (exact) mass is 664 g/mol. The van der Waals surface area contributed by atoms with Gasteiger partial charge in [0, 0.05) is 84.4 Å². The van der Waals surface area contributed by atoms with Gasteiger partial charge in [-0.1, -0.05) is 12.2 Å². The number of anilines is 1. The number of hydrogen-bond donors (Lipinski definition) is 1. The maximum absolute atomic E-state index is 14.2. The second-order valence-corrected chi connectivity index (χ2v) is 14.2. The summed E-state index contributed by atoms with van der Waals surface area (Å²) in [5.74, 6) is 1.27. The predicted octanol–water partition coefficient (Wildman–Crippen LogP) is 7.03. The van der Waals surface area contributed by atoms with Crippen LogP contribution in [0.2, 0.25) is 0 Å². The SMILES string of the molecule is COc1nc(C)cc2c1CNC(=O)c1cc(-c3ccc(N4CCN(C(=O)OC(C)(C)C)CC4)nc3)cc3c1c(cn3C(C)C)C/C=C/CC2. The van der Waals surface area contributed by atoms with Gasteiger partial charge in [0.1, 0.15) is 11.4 Å². The molecule has 49 heavy (non-hydrogen) atoms. The maximum Gasteiger partial charge on any atom is 0.410 e. The molecule has 1 aromatic carbocycles. The number of piperazine rings is 1. The van der Waals surface area contributed by atoms with E-state index >= 15 is 0 Å². The van der Waals surface area contributed by atoms with Crippen molar-refractivity contribution in [2.75, 3.05) is 38.2 Å². The van der Waals surface area contributed by atoms with Gasteiger partial charge in [0.05, 0.1) is 7.11 Å². The van der Waals surface area contributed by atoms with Gasteiger partial charge in [-0.05, 0) is 108 Å². The zero-order valence-electron chi connectivity index (χ0n) is 29.8. The molecule has 1 N–H and O–H groups in total. The number of amides is 2. The van der Waals surface area contributed by atoms with Crippen LogP contribution in [0.25, 0.3) is 22.0 Å². The average molecular weight is 665 g/mol. The molecule has 258 valence electrons. The first-order chi connectivity index (χ1) is 23.4. The molecule has 10 nitrogen and oxygen atoms in total. The lowest BCUT2D eigenvalue weighted by Gasteiger charge is -2.36. The molecule has 1 fully saturated rings. The number of rotatable bonds is 4. The zero-order chi connectivity index (χ0) is 34.9. The summed E-state index contributed by atoms with van der Waals surface area (Å²) in [6.07, 6.45) is 10.7. The summed E-state index contributed by atoms with van der Waals surface area (Å²) in [7, 11) is 1.63. The van der Waals surface area contributed by atoms with Crippen molar-refractivity contribution in [2.45, 2.75) is 79.0 Å². The van der Waals surface area contributed by atoms with E-state index in [4.69, 9.17) is 14.5 Å². The van der Waals surface area contributed by atoms with Crippen molar-refractivity contribution in [1.29, 1.82) is 0 Å². The van der Waals surface area contributed by atoms with E-state index in [1.165, 1.54) is 0 Å². The van der Waals surface area contributed by atoms with E-state index in [0.717, 1.165) is 69.5 Å². The normalized spacial score (nSPS) is 16.4. The van der Waals surface area contributed by atoms with Gasteiger partial charge < -0.3 is 29.2 Å². The average Bonchev–Trinajstić information content (AvgIpc) is 3.45. The minimum atomic E-state index is -0.520. The van der Waals surface area contributed by atoms with Gasteiger partial charge >= 0.3 is 6.09 Å². The number of carbonyl (C=O) groups excluding carboxylic acids is 2. The lowest BCUT2D eigenvalue weighted by Crippen LogP contribution is -2.50. The number of benzene rings is 1. The van der Waals surface area contributed by atoms with Crippen molar-refractivity contribution in [1.82, 2.24) is 24.8 Å². The highest BCUT2D eigenvalue weighted by Crippen LogP contribution is 2.35. The first-order valence-corrected chi connectivity index (χ1v) is 17.2. The van der Waals surface area contributed by atoms with Gasteiger partial charge in [0.2, 0.25) is 5.88 Å². The molecule has 0 bridgehead atoms. The van der Waals surface area contributed by atoms with Crippen molar-refractivity contribution >= 4 is 28.7 Å². The number of aromatic nitrogens is 3. The Bertz CT molecular complexity index is 1880. The third-order valence-corrected chi connectivity index (χ3v) is 9.16. The summed E-state index contributed by atoms with van der Waals surface area (Å²) in [6, 6.07) is 10.6. The van der Waals surface area contributed by atoms with Crippen molar-refractivity contribution in [3.05, 3.63) is 82.8 Å². The summed E-state index contributed by atoms with van der Waals surface area (Å²) in [5, 5.41) is 4.19. The molecule has 0 radical (unpaired) electrons. The van der Waals surface area contributed by atoms with E-state index in [-0.39, 0.29) is 18.0 Å². The summed E-state index contributed by atoms with van der Waals surface area (Å²) in [6.45, 7) is 14.8. The quantitative estimate of drug-likeness (QED) is 0.234. The lowest BCUT2D eigenvalue weighted by molar-refractivity contribution is 0.0240. The van der Waals surface area contributed by atoms with E-state index in [1.807, 2.05) is 46.0 Å². The van der Waals surface area contributed by atoms with Crippen molar-refractivity contribution in [3.63, 3.8) is 0 Å². The van der Waals surface area contributed by atoms with Crippen LogP contribution in [0, 0.1) is 6.92 Å². The minimum absolute atomic E-state index is 0.140. The third-order valence-electron chi connectivity index (χ3n) is 9.16. The number of carbonyl (C=O) groups is 2. The molecule has 0 atom stereocenters. The highest BCUT2D eigenvalue weighted by molar-refractivity contribution is 6.09. The van der Waals surface area contributed by atoms with Gasteiger partial charge in [-0.15, -0.1) is 0 Å². The van der Waals surface area contributed by atoms with Crippen molar-refractivity contribution < 1.29 is 19.1 Å². The summed E-state index contributed by atoms with van der Waals surface area (Å²) >= 11 is 0. The highest BCUT2D eigenvalue weighted by Gasteiger charge is 2.27. The molecular formula is C39H48N6O4.